The van der Waals surface area contributed by atoms with Gasteiger partial charge < -0.3 is 16.0 Å². The predicted molar refractivity (Wildman–Crippen MR) is 79.1 cm³/mol. The van der Waals surface area contributed by atoms with Crippen LogP contribution in [0.5, 0.6) is 0 Å². The first kappa shape index (κ1) is 14.3. The van der Waals surface area contributed by atoms with Gasteiger partial charge in [-0.3, -0.25) is 9.59 Å². The van der Waals surface area contributed by atoms with Gasteiger partial charge in [0.25, 0.3) is 5.91 Å². The summed E-state index contributed by atoms with van der Waals surface area (Å²) in [5, 5.41) is 5.09. The second kappa shape index (κ2) is 5.87. The van der Waals surface area contributed by atoms with Crippen LogP contribution in [0.4, 0.5) is 5.13 Å². The highest BCUT2D eigenvalue weighted by molar-refractivity contribution is 7.13. The monoisotopic (exact) mass is 292 g/mol. The van der Waals surface area contributed by atoms with E-state index in [1.807, 2.05) is 5.38 Å². The number of nitrogen functional groups attached to an aromatic ring is 1. The van der Waals surface area contributed by atoms with E-state index in [-0.39, 0.29) is 16.9 Å². The van der Waals surface area contributed by atoms with Gasteiger partial charge in [-0.05, 0) is 13.8 Å². The fourth-order valence-corrected chi connectivity index (χ4v) is 2.56. The van der Waals surface area contributed by atoms with Gasteiger partial charge in [-0.15, -0.1) is 11.3 Å². The van der Waals surface area contributed by atoms with Gasteiger partial charge >= 0.3 is 0 Å². The molecular weight excluding hydrogens is 276 g/mol. The molecule has 0 bridgehead atoms. The molecule has 2 aromatic heterocycles. The number of carbonyl (C=O) groups excluding carboxylic acids is 1. The molecule has 20 heavy (non-hydrogen) atoms. The standard InChI is InChI=1S/C13H16N4O2S/c1-7-5-10(18)11(8(2)16-7)12(19)15-4-3-9-6-20-13(14)17-9/h5-6H,3-4H2,1-2H3,(H2,14,17)(H,15,19)(H,16,18). The molecule has 0 saturated carbocycles. The lowest BCUT2D eigenvalue weighted by atomic mass is 10.1. The summed E-state index contributed by atoms with van der Waals surface area (Å²) in [5.41, 5.74) is 7.57. The number of amides is 1. The number of thiazole rings is 1. The van der Waals surface area contributed by atoms with Crippen molar-refractivity contribution in [1.82, 2.24) is 15.3 Å². The molecule has 6 nitrogen and oxygen atoms in total. The van der Waals surface area contributed by atoms with Crippen LogP contribution in [-0.2, 0) is 6.42 Å². The molecule has 0 atom stereocenters. The molecular formula is C13H16N4O2S. The number of hydrogen-bond acceptors (Lipinski definition) is 5. The summed E-state index contributed by atoms with van der Waals surface area (Å²) in [6.45, 7) is 3.90. The van der Waals surface area contributed by atoms with Crippen molar-refractivity contribution in [3.8, 4) is 0 Å². The zero-order valence-electron chi connectivity index (χ0n) is 11.3. The van der Waals surface area contributed by atoms with E-state index in [1.165, 1.54) is 17.4 Å². The number of hydrogen-bond donors (Lipinski definition) is 3. The highest BCUT2D eigenvalue weighted by Crippen LogP contribution is 2.10. The molecule has 0 aromatic carbocycles. The number of pyridine rings is 1. The van der Waals surface area contributed by atoms with Crippen molar-refractivity contribution in [3.63, 3.8) is 0 Å². The summed E-state index contributed by atoms with van der Waals surface area (Å²) in [7, 11) is 0. The molecule has 106 valence electrons. The van der Waals surface area contributed by atoms with E-state index in [0.29, 0.717) is 23.8 Å². The van der Waals surface area contributed by atoms with Gasteiger partial charge in [-0.1, -0.05) is 0 Å². The van der Waals surface area contributed by atoms with Crippen LogP contribution in [0.25, 0.3) is 0 Å². The Morgan fingerprint density at radius 3 is 2.85 bits per heavy atom. The van der Waals surface area contributed by atoms with Crippen LogP contribution >= 0.6 is 11.3 Å². The molecule has 1 amide bonds. The molecule has 0 unspecified atom stereocenters. The Hall–Kier alpha value is -2.15. The molecule has 7 heteroatoms. The van der Waals surface area contributed by atoms with Crippen molar-refractivity contribution in [2.45, 2.75) is 20.3 Å². The molecule has 0 spiro atoms. The first-order chi connectivity index (χ1) is 9.47. The smallest absolute Gasteiger partial charge is 0.257 e. The Morgan fingerprint density at radius 2 is 2.25 bits per heavy atom. The van der Waals surface area contributed by atoms with Crippen LogP contribution in [0.15, 0.2) is 16.2 Å². The predicted octanol–water partition coefficient (Wildman–Crippen LogP) is 1.00. The van der Waals surface area contributed by atoms with Gasteiger partial charge in [0, 0.05) is 35.8 Å². The number of rotatable bonds is 4. The number of aromatic nitrogens is 2. The average molecular weight is 292 g/mol. The quantitative estimate of drug-likeness (QED) is 0.782. The minimum atomic E-state index is -0.369. The maximum Gasteiger partial charge on any atom is 0.257 e. The van der Waals surface area contributed by atoms with E-state index in [9.17, 15) is 9.59 Å². The molecule has 0 radical (unpaired) electrons. The van der Waals surface area contributed by atoms with E-state index >= 15 is 0 Å². The Bertz CT molecular complexity index is 690. The van der Waals surface area contributed by atoms with E-state index in [2.05, 4.69) is 15.3 Å². The maximum atomic E-state index is 12.0. The summed E-state index contributed by atoms with van der Waals surface area (Å²) in [5.74, 6) is -0.369. The van der Waals surface area contributed by atoms with Gasteiger partial charge in [-0.2, -0.15) is 0 Å². The number of H-pyrrole nitrogens is 1. The van der Waals surface area contributed by atoms with E-state index in [4.69, 9.17) is 5.73 Å². The fourth-order valence-electron chi connectivity index (χ4n) is 1.96. The molecule has 0 aliphatic rings. The molecule has 2 heterocycles. The number of nitrogens with one attached hydrogen (secondary N) is 2. The van der Waals surface area contributed by atoms with Gasteiger partial charge in [0.2, 0.25) is 0 Å². The summed E-state index contributed by atoms with van der Waals surface area (Å²) in [6, 6.07) is 1.42. The van der Waals surface area contributed by atoms with Crippen LogP contribution in [0, 0.1) is 13.8 Å². The maximum absolute atomic E-state index is 12.0. The number of anilines is 1. The fraction of sp³-hybridized carbons (Fsp3) is 0.308. The second-order valence-electron chi connectivity index (χ2n) is 4.50. The summed E-state index contributed by atoms with van der Waals surface area (Å²) in [4.78, 5) is 30.9. The van der Waals surface area contributed by atoms with Crippen molar-refractivity contribution in [2.75, 3.05) is 12.3 Å². The van der Waals surface area contributed by atoms with E-state index < -0.39 is 0 Å². The third-order valence-electron chi connectivity index (χ3n) is 2.82. The SMILES string of the molecule is Cc1cc(=O)c(C(=O)NCCc2csc(N)n2)c(C)[nH]1. The molecule has 2 rings (SSSR count). The van der Waals surface area contributed by atoms with Gasteiger partial charge in [0.15, 0.2) is 10.6 Å². The minimum Gasteiger partial charge on any atom is -0.375 e. The Morgan fingerprint density at radius 1 is 1.50 bits per heavy atom. The largest absolute Gasteiger partial charge is 0.375 e. The average Bonchev–Trinajstić information content (AvgIpc) is 2.73. The molecule has 0 fully saturated rings. The number of nitrogens with zero attached hydrogens (tertiary/aromatic N) is 1. The van der Waals surface area contributed by atoms with Gasteiger partial charge in [0.1, 0.15) is 5.56 Å². The van der Waals surface area contributed by atoms with Crippen LogP contribution in [0.1, 0.15) is 27.4 Å². The Kier molecular flexibility index (Phi) is 4.19. The van der Waals surface area contributed by atoms with Crippen molar-refractivity contribution in [1.29, 1.82) is 0 Å². The van der Waals surface area contributed by atoms with Crippen LogP contribution in [-0.4, -0.2) is 22.4 Å². The van der Waals surface area contributed by atoms with Crippen LogP contribution in [0.3, 0.4) is 0 Å². The molecule has 0 aliphatic heterocycles. The summed E-state index contributed by atoms with van der Waals surface area (Å²) >= 11 is 1.37. The lowest BCUT2D eigenvalue weighted by Crippen LogP contribution is -2.31. The topological polar surface area (TPSA) is 101 Å². The summed E-state index contributed by atoms with van der Waals surface area (Å²) < 4.78 is 0. The van der Waals surface area contributed by atoms with Crippen molar-refractivity contribution >= 4 is 22.4 Å². The first-order valence-electron chi connectivity index (χ1n) is 6.16. The van der Waals surface area contributed by atoms with Crippen LogP contribution in [0.2, 0.25) is 0 Å². The zero-order valence-corrected chi connectivity index (χ0v) is 12.1. The minimum absolute atomic E-state index is 0.161. The molecule has 2 aromatic rings. The number of aryl methyl sites for hydroxylation is 2. The number of carbonyl (C=O) groups is 1. The Balaban J connectivity index is 2.00. The Labute approximate surface area is 120 Å². The lowest BCUT2D eigenvalue weighted by Gasteiger charge is -2.07. The highest BCUT2D eigenvalue weighted by atomic mass is 32.1. The van der Waals surface area contributed by atoms with Gasteiger partial charge in [0.05, 0.1) is 5.69 Å². The summed E-state index contributed by atoms with van der Waals surface area (Å²) in [6.07, 6.45) is 0.586. The third kappa shape index (κ3) is 3.24. The molecule has 4 N–H and O–H groups in total. The van der Waals surface area contributed by atoms with Crippen molar-refractivity contribution < 1.29 is 4.79 Å². The molecule has 0 saturated heterocycles. The molecule has 0 aliphatic carbocycles. The second-order valence-corrected chi connectivity index (χ2v) is 5.39. The van der Waals surface area contributed by atoms with Crippen molar-refractivity contribution in [3.05, 3.63) is 44.3 Å². The number of aromatic amines is 1. The first-order valence-corrected chi connectivity index (χ1v) is 7.04. The zero-order chi connectivity index (χ0) is 14.7. The third-order valence-corrected chi connectivity index (χ3v) is 3.54. The van der Waals surface area contributed by atoms with E-state index in [1.54, 1.807) is 13.8 Å². The van der Waals surface area contributed by atoms with Crippen LogP contribution < -0.4 is 16.5 Å². The van der Waals surface area contributed by atoms with E-state index in [0.717, 1.165) is 11.4 Å². The lowest BCUT2D eigenvalue weighted by molar-refractivity contribution is 0.0952. The normalized spacial score (nSPS) is 10.5. The van der Waals surface area contributed by atoms with Gasteiger partial charge in [-0.25, -0.2) is 4.98 Å². The highest BCUT2D eigenvalue weighted by Gasteiger charge is 2.13. The number of nitrogens with two attached hydrogens (primary N) is 1. The van der Waals surface area contributed by atoms with Crippen molar-refractivity contribution in [2.24, 2.45) is 0 Å².